The number of methoxy groups -OCH3 is 1. The fourth-order valence-electron chi connectivity index (χ4n) is 3.43. The number of aromatic nitrogens is 2. The van der Waals surface area contributed by atoms with Gasteiger partial charge in [0.25, 0.3) is 5.91 Å². The molecular weight excluding hydrogens is 376 g/mol. The largest absolute Gasteiger partial charge is 0.383 e. The van der Waals surface area contributed by atoms with Crippen LogP contribution in [0, 0.1) is 12.3 Å². The number of carbonyl (C=O) groups is 1. The molecule has 1 amide bonds. The highest BCUT2D eigenvalue weighted by atomic mass is 16.5. The monoisotopic (exact) mass is 404 g/mol. The molecule has 6 nitrogen and oxygen atoms in total. The molecule has 0 aliphatic heterocycles. The molecule has 1 heterocycles. The fourth-order valence-corrected chi connectivity index (χ4v) is 3.43. The maximum absolute atomic E-state index is 12.7. The zero-order chi connectivity index (χ0) is 21.3. The molecule has 3 rings (SSSR count). The van der Waals surface area contributed by atoms with Crippen molar-refractivity contribution in [2.75, 3.05) is 32.1 Å². The summed E-state index contributed by atoms with van der Waals surface area (Å²) in [4.78, 5) is 19.6. The number of amides is 1. The van der Waals surface area contributed by atoms with Crippen molar-refractivity contribution in [2.45, 2.75) is 25.7 Å². The highest BCUT2D eigenvalue weighted by Crippen LogP contribution is 2.33. The number of nitrogens with zero attached hydrogens (tertiary/aromatic N) is 1. The first-order valence-corrected chi connectivity index (χ1v) is 10.2. The van der Waals surface area contributed by atoms with E-state index in [-0.39, 0.29) is 11.7 Å². The Labute approximate surface area is 177 Å². The van der Waals surface area contributed by atoms with Gasteiger partial charge in [-0.25, -0.2) is 4.98 Å². The van der Waals surface area contributed by atoms with Crippen LogP contribution in [0.25, 0.3) is 11.1 Å². The smallest absolute Gasteiger partial charge is 0.291 e. The first kappa shape index (κ1) is 21.6. The summed E-state index contributed by atoms with van der Waals surface area (Å²) in [5.74, 6) is 2.32. The number of nitrogens with one attached hydrogen (secondary N) is 3. The molecule has 1 aromatic heterocycles. The predicted octanol–water partition coefficient (Wildman–Crippen LogP) is 3.85. The molecule has 0 bridgehead atoms. The third kappa shape index (κ3) is 5.47. The van der Waals surface area contributed by atoms with E-state index in [1.807, 2.05) is 12.1 Å². The molecule has 0 radical (unpaired) electrons. The van der Waals surface area contributed by atoms with Crippen molar-refractivity contribution >= 4 is 22.7 Å². The lowest BCUT2D eigenvalue weighted by atomic mass is 9.90. The van der Waals surface area contributed by atoms with Crippen LogP contribution < -0.4 is 10.6 Å². The zero-order valence-corrected chi connectivity index (χ0v) is 17.4. The van der Waals surface area contributed by atoms with Gasteiger partial charge in [-0.3, -0.25) is 4.79 Å². The van der Waals surface area contributed by atoms with E-state index in [2.05, 4.69) is 45.2 Å². The highest BCUT2D eigenvalue weighted by Gasteiger charge is 2.16. The quantitative estimate of drug-likeness (QED) is 0.438. The summed E-state index contributed by atoms with van der Waals surface area (Å²) >= 11 is 0. The zero-order valence-electron chi connectivity index (χ0n) is 17.4. The number of hydrogen-bond donors (Lipinski definition) is 3. The molecule has 6 heteroatoms. The number of ether oxygens (including phenoxy) is 1. The van der Waals surface area contributed by atoms with Crippen molar-refractivity contribution in [1.29, 1.82) is 0 Å². The summed E-state index contributed by atoms with van der Waals surface area (Å²) in [7, 11) is 1.68. The molecule has 0 spiro atoms. The van der Waals surface area contributed by atoms with E-state index < -0.39 is 0 Å². The van der Waals surface area contributed by atoms with Gasteiger partial charge >= 0.3 is 0 Å². The second kappa shape index (κ2) is 10.6. The Morgan fingerprint density at radius 2 is 2.27 bits per heavy atom. The van der Waals surface area contributed by atoms with Gasteiger partial charge in [0, 0.05) is 31.5 Å². The summed E-state index contributed by atoms with van der Waals surface area (Å²) in [6.07, 6.45) is 13.5. The van der Waals surface area contributed by atoms with Crippen LogP contribution in [-0.4, -0.2) is 42.7 Å². The van der Waals surface area contributed by atoms with E-state index in [0.29, 0.717) is 18.8 Å². The van der Waals surface area contributed by atoms with Crippen LogP contribution in [0.2, 0.25) is 0 Å². The van der Waals surface area contributed by atoms with Gasteiger partial charge < -0.3 is 20.4 Å². The van der Waals surface area contributed by atoms with E-state index in [0.717, 1.165) is 48.2 Å². The normalized spacial score (nSPS) is 13.4. The molecule has 0 fully saturated rings. The molecular formula is C24H28N4O2. The average Bonchev–Trinajstić information content (AvgIpc) is 3.27. The number of terminal acetylenes is 1. The molecule has 1 aromatic carbocycles. The molecule has 0 saturated carbocycles. The predicted molar refractivity (Wildman–Crippen MR) is 121 cm³/mol. The lowest BCUT2D eigenvalue weighted by Gasteiger charge is -2.19. The number of H-pyrrole nitrogens is 1. The standard InChI is InChI=1S/C24H28N4O2/c1-4-20-16-26-23(27-20)24(29)28-22-11-10-19(17(2)15-25-12-13-30-3)14-21(22)18-8-6-5-7-9-18/h1,8,10-11,14,16,25H,2,5-7,9,12-13,15H2,3H3,(H,26,27)(H,28,29). The van der Waals surface area contributed by atoms with E-state index in [4.69, 9.17) is 11.2 Å². The Balaban J connectivity index is 1.83. The molecule has 156 valence electrons. The Bertz CT molecular complexity index is 981. The third-order valence-corrected chi connectivity index (χ3v) is 5.08. The Hall–Kier alpha value is -3.14. The van der Waals surface area contributed by atoms with Gasteiger partial charge in [0.15, 0.2) is 5.82 Å². The summed E-state index contributed by atoms with van der Waals surface area (Å²) in [5, 5.41) is 6.31. The van der Waals surface area contributed by atoms with Crippen molar-refractivity contribution in [3.05, 3.63) is 59.7 Å². The van der Waals surface area contributed by atoms with E-state index in [9.17, 15) is 4.79 Å². The average molecular weight is 405 g/mol. The van der Waals surface area contributed by atoms with Crippen LogP contribution in [0.15, 0.2) is 37.1 Å². The van der Waals surface area contributed by atoms with Gasteiger partial charge in [-0.1, -0.05) is 24.6 Å². The van der Waals surface area contributed by atoms with E-state index in [1.165, 1.54) is 18.2 Å². The Kier molecular flexibility index (Phi) is 7.61. The second-order valence-electron chi connectivity index (χ2n) is 7.25. The summed E-state index contributed by atoms with van der Waals surface area (Å²) in [6, 6.07) is 6.03. The molecule has 0 atom stereocenters. The second-order valence-corrected chi connectivity index (χ2v) is 7.25. The number of imidazole rings is 1. The van der Waals surface area contributed by atoms with Gasteiger partial charge in [-0.15, -0.1) is 6.42 Å². The van der Waals surface area contributed by atoms with Crippen molar-refractivity contribution in [2.24, 2.45) is 0 Å². The van der Waals surface area contributed by atoms with Crippen LogP contribution >= 0.6 is 0 Å². The molecule has 30 heavy (non-hydrogen) atoms. The number of carbonyl (C=O) groups excluding carboxylic acids is 1. The summed E-state index contributed by atoms with van der Waals surface area (Å²) in [6.45, 7) is 6.32. The van der Waals surface area contributed by atoms with Crippen molar-refractivity contribution < 1.29 is 9.53 Å². The van der Waals surface area contributed by atoms with Crippen LogP contribution in [0.3, 0.4) is 0 Å². The minimum atomic E-state index is -0.318. The van der Waals surface area contributed by atoms with Crippen LogP contribution in [-0.2, 0) is 4.74 Å². The lowest BCUT2D eigenvalue weighted by molar-refractivity contribution is 0.101. The van der Waals surface area contributed by atoms with Crippen molar-refractivity contribution in [3.63, 3.8) is 0 Å². The lowest BCUT2D eigenvalue weighted by Crippen LogP contribution is -2.21. The highest BCUT2D eigenvalue weighted by molar-refractivity contribution is 6.03. The maximum Gasteiger partial charge on any atom is 0.291 e. The first-order chi connectivity index (χ1) is 14.6. The van der Waals surface area contributed by atoms with Crippen LogP contribution in [0.5, 0.6) is 0 Å². The number of aromatic amines is 1. The summed E-state index contributed by atoms with van der Waals surface area (Å²) < 4.78 is 5.07. The number of anilines is 1. The van der Waals surface area contributed by atoms with Crippen LogP contribution in [0.1, 0.15) is 53.1 Å². The summed E-state index contributed by atoms with van der Waals surface area (Å²) in [5.41, 5.74) is 5.56. The third-order valence-electron chi connectivity index (χ3n) is 5.08. The molecule has 1 aliphatic rings. The number of rotatable bonds is 9. The number of benzene rings is 1. The fraction of sp³-hybridized carbons (Fsp3) is 0.333. The van der Waals surface area contributed by atoms with Gasteiger partial charge in [0.05, 0.1) is 12.8 Å². The number of allylic oxidation sites excluding steroid dienone is 2. The Morgan fingerprint density at radius 3 is 2.97 bits per heavy atom. The first-order valence-electron chi connectivity index (χ1n) is 10.2. The van der Waals surface area contributed by atoms with E-state index in [1.54, 1.807) is 7.11 Å². The minimum Gasteiger partial charge on any atom is -0.383 e. The maximum atomic E-state index is 12.7. The van der Waals surface area contributed by atoms with Gasteiger partial charge in [-0.05, 0) is 54.5 Å². The van der Waals surface area contributed by atoms with Crippen molar-refractivity contribution in [3.8, 4) is 12.3 Å². The molecule has 1 aliphatic carbocycles. The minimum absolute atomic E-state index is 0.197. The van der Waals surface area contributed by atoms with Gasteiger partial charge in [0.2, 0.25) is 0 Å². The molecule has 2 aromatic rings. The molecule has 0 unspecified atom stereocenters. The topological polar surface area (TPSA) is 79.0 Å². The van der Waals surface area contributed by atoms with Gasteiger partial charge in [0.1, 0.15) is 5.69 Å². The SMILES string of the molecule is C#Cc1cnc(C(=O)Nc2ccc(C(=C)CNCCOC)cc2C2=CCCCC2)[nH]1. The molecule has 0 saturated heterocycles. The van der Waals surface area contributed by atoms with E-state index >= 15 is 0 Å². The van der Waals surface area contributed by atoms with Crippen LogP contribution in [0.4, 0.5) is 5.69 Å². The number of hydrogen-bond acceptors (Lipinski definition) is 4. The van der Waals surface area contributed by atoms with Crippen molar-refractivity contribution in [1.82, 2.24) is 15.3 Å². The molecule has 3 N–H and O–H groups in total. The Morgan fingerprint density at radius 1 is 1.40 bits per heavy atom. The van der Waals surface area contributed by atoms with Gasteiger partial charge in [-0.2, -0.15) is 0 Å².